The lowest BCUT2D eigenvalue weighted by atomic mass is 9.96. The molecule has 0 aliphatic carbocycles. The first-order valence-electron chi connectivity index (χ1n) is 7.51. The van der Waals surface area contributed by atoms with Crippen LogP contribution >= 0.6 is 0 Å². The minimum atomic E-state index is 0.123. The number of unbranched alkanes of at least 4 members (excludes halogenated alkanes) is 1. The molecule has 0 spiro atoms. The van der Waals surface area contributed by atoms with Crippen LogP contribution in [-0.2, 0) is 11.2 Å². The van der Waals surface area contributed by atoms with E-state index in [0.29, 0.717) is 18.4 Å². The van der Waals surface area contributed by atoms with Crippen molar-refractivity contribution in [1.29, 1.82) is 0 Å². The highest BCUT2D eigenvalue weighted by molar-refractivity contribution is 6.08. The van der Waals surface area contributed by atoms with Gasteiger partial charge in [0.25, 0.3) is 0 Å². The van der Waals surface area contributed by atoms with Gasteiger partial charge in [-0.3, -0.25) is 9.78 Å². The van der Waals surface area contributed by atoms with E-state index in [9.17, 15) is 9.59 Å². The van der Waals surface area contributed by atoms with Gasteiger partial charge in [-0.05, 0) is 37.1 Å². The maximum atomic E-state index is 12.4. The zero-order valence-corrected chi connectivity index (χ0v) is 12.7. The number of aromatic nitrogens is 1. The number of hydrogen-bond acceptors (Lipinski definition) is 3. The van der Waals surface area contributed by atoms with Crippen LogP contribution in [0.2, 0.25) is 0 Å². The van der Waals surface area contributed by atoms with Crippen molar-refractivity contribution in [2.75, 3.05) is 0 Å². The largest absolute Gasteiger partial charge is 0.300 e. The van der Waals surface area contributed by atoms with Crippen LogP contribution in [0.25, 0.3) is 10.8 Å². The van der Waals surface area contributed by atoms with Crippen LogP contribution in [0.15, 0.2) is 30.6 Å². The zero-order chi connectivity index (χ0) is 15.2. The van der Waals surface area contributed by atoms with Gasteiger partial charge in [-0.15, -0.1) is 0 Å². The number of rotatable bonds is 7. The Bertz CT molecular complexity index is 656. The summed E-state index contributed by atoms with van der Waals surface area (Å²) in [5.41, 5.74) is 1.90. The first-order chi connectivity index (χ1) is 10.1. The maximum absolute atomic E-state index is 12.4. The molecule has 0 bridgehead atoms. The number of aryl methyl sites for hydroxylation is 1. The fraction of sp³-hybridized carbons (Fsp3) is 0.389. The summed E-state index contributed by atoms with van der Waals surface area (Å²) in [5.74, 6) is 0.306. The Kier molecular flexibility index (Phi) is 5.20. The number of nitrogens with zero attached hydrogens (tertiary/aromatic N) is 1. The van der Waals surface area contributed by atoms with E-state index in [1.54, 1.807) is 19.3 Å². The van der Waals surface area contributed by atoms with Gasteiger partial charge in [-0.25, -0.2) is 0 Å². The van der Waals surface area contributed by atoms with Crippen molar-refractivity contribution in [3.8, 4) is 0 Å². The lowest BCUT2D eigenvalue weighted by molar-refractivity contribution is -0.117. The van der Waals surface area contributed by atoms with Gasteiger partial charge in [0.05, 0.1) is 0 Å². The Hall–Kier alpha value is -2.03. The third-order valence-corrected chi connectivity index (χ3v) is 3.73. The number of carbonyl (C=O) groups is 2. The molecule has 1 heterocycles. The van der Waals surface area contributed by atoms with Gasteiger partial charge in [0.15, 0.2) is 5.78 Å². The molecule has 2 aromatic rings. The van der Waals surface area contributed by atoms with E-state index in [1.807, 2.05) is 12.1 Å². The molecule has 0 N–H and O–H groups in total. The van der Waals surface area contributed by atoms with Gasteiger partial charge >= 0.3 is 0 Å². The molecule has 1 aromatic carbocycles. The van der Waals surface area contributed by atoms with Crippen LogP contribution in [0.4, 0.5) is 0 Å². The summed E-state index contributed by atoms with van der Waals surface area (Å²) < 4.78 is 0. The van der Waals surface area contributed by atoms with Crippen molar-refractivity contribution in [3.05, 3.63) is 41.7 Å². The Balaban J connectivity index is 2.21. The van der Waals surface area contributed by atoms with Gasteiger partial charge < -0.3 is 4.79 Å². The second-order valence-corrected chi connectivity index (χ2v) is 5.39. The Labute approximate surface area is 125 Å². The van der Waals surface area contributed by atoms with Crippen molar-refractivity contribution in [1.82, 2.24) is 4.98 Å². The average Bonchev–Trinajstić information content (AvgIpc) is 2.49. The SMILES string of the molecule is CCc1cccc2cncc(C(=O)CCCCC(C)=O)c12. The number of Topliss-reactive ketones (excluding diaryl/α,β-unsaturated/α-hetero) is 2. The Morgan fingerprint density at radius 3 is 2.57 bits per heavy atom. The minimum absolute atomic E-state index is 0.123. The predicted octanol–water partition coefficient (Wildman–Crippen LogP) is 4.13. The fourth-order valence-corrected chi connectivity index (χ4v) is 2.61. The van der Waals surface area contributed by atoms with Crippen LogP contribution < -0.4 is 0 Å². The summed E-state index contributed by atoms with van der Waals surface area (Å²) in [5, 5.41) is 2.05. The summed E-state index contributed by atoms with van der Waals surface area (Å²) in [6.07, 6.45) is 6.94. The van der Waals surface area contributed by atoms with Crippen LogP contribution in [-0.4, -0.2) is 16.6 Å². The minimum Gasteiger partial charge on any atom is -0.300 e. The second-order valence-electron chi connectivity index (χ2n) is 5.39. The standard InChI is InChI=1S/C18H21NO2/c1-3-14-8-6-9-15-11-19-12-16(18(14)15)17(21)10-5-4-7-13(2)20/h6,8-9,11-12H,3-5,7,10H2,1-2H3. The molecule has 0 atom stereocenters. The molecular formula is C18H21NO2. The van der Waals surface area contributed by atoms with Crippen molar-refractivity contribution in [3.63, 3.8) is 0 Å². The molecule has 0 amide bonds. The molecule has 2 rings (SSSR count). The van der Waals surface area contributed by atoms with E-state index in [4.69, 9.17) is 0 Å². The summed E-state index contributed by atoms with van der Waals surface area (Å²) in [6, 6.07) is 6.06. The Morgan fingerprint density at radius 1 is 1.10 bits per heavy atom. The van der Waals surface area contributed by atoms with E-state index in [0.717, 1.165) is 30.0 Å². The number of pyridine rings is 1. The third kappa shape index (κ3) is 3.75. The van der Waals surface area contributed by atoms with Crippen molar-refractivity contribution < 1.29 is 9.59 Å². The summed E-state index contributed by atoms with van der Waals surface area (Å²) >= 11 is 0. The molecule has 0 saturated heterocycles. The average molecular weight is 283 g/mol. The third-order valence-electron chi connectivity index (χ3n) is 3.73. The molecule has 1 aromatic heterocycles. The summed E-state index contributed by atoms with van der Waals surface area (Å²) in [4.78, 5) is 27.6. The van der Waals surface area contributed by atoms with E-state index in [1.165, 1.54) is 5.56 Å². The highest BCUT2D eigenvalue weighted by Gasteiger charge is 2.13. The van der Waals surface area contributed by atoms with E-state index in [2.05, 4.69) is 18.0 Å². The summed E-state index contributed by atoms with van der Waals surface area (Å²) in [7, 11) is 0. The van der Waals surface area contributed by atoms with Crippen molar-refractivity contribution >= 4 is 22.3 Å². The van der Waals surface area contributed by atoms with Gasteiger partial charge in [0.1, 0.15) is 5.78 Å². The van der Waals surface area contributed by atoms with Crippen LogP contribution in [0, 0.1) is 0 Å². The molecule has 110 valence electrons. The topological polar surface area (TPSA) is 47.0 Å². The number of benzene rings is 1. The Morgan fingerprint density at radius 2 is 1.86 bits per heavy atom. The molecule has 3 nitrogen and oxygen atoms in total. The lowest BCUT2D eigenvalue weighted by Gasteiger charge is -2.09. The maximum Gasteiger partial charge on any atom is 0.165 e. The molecule has 0 saturated carbocycles. The number of ketones is 2. The van der Waals surface area contributed by atoms with Gasteiger partial charge in [-0.1, -0.05) is 25.1 Å². The smallest absolute Gasteiger partial charge is 0.165 e. The fourth-order valence-electron chi connectivity index (χ4n) is 2.61. The highest BCUT2D eigenvalue weighted by Crippen LogP contribution is 2.24. The number of fused-ring (bicyclic) bond motifs is 1. The van der Waals surface area contributed by atoms with E-state index < -0.39 is 0 Å². The van der Waals surface area contributed by atoms with Crippen molar-refractivity contribution in [2.45, 2.75) is 46.0 Å². The number of hydrogen-bond donors (Lipinski definition) is 0. The lowest BCUT2D eigenvalue weighted by Crippen LogP contribution is -2.03. The van der Waals surface area contributed by atoms with Crippen LogP contribution in [0.5, 0.6) is 0 Å². The molecule has 0 fully saturated rings. The zero-order valence-electron chi connectivity index (χ0n) is 12.7. The molecular weight excluding hydrogens is 262 g/mol. The monoisotopic (exact) mass is 283 g/mol. The van der Waals surface area contributed by atoms with E-state index >= 15 is 0 Å². The van der Waals surface area contributed by atoms with Crippen molar-refractivity contribution in [2.24, 2.45) is 0 Å². The first-order valence-corrected chi connectivity index (χ1v) is 7.51. The molecule has 0 unspecified atom stereocenters. The summed E-state index contributed by atoms with van der Waals surface area (Å²) in [6.45, 7) is 3.68. The van der Waals surface area contributed by atoms with Crippen LogP contribution in [0.1, 0.15) is 55.5 Å². The van der Waals surface area contributed by atoms with Gasteiger partial charge in [0, 0.05) is 36.2 Å². The number of carbonyl (C=O) groups excluding carboxylic acids is 2. The van der Waals surface area contributed by atoms with Gasteiger partial charge in [0.2, 0.25) is 0 Å². The molecule has 0 aliphatic heterocycles. The normalized spacial score (nSPS) is 10.8. The van der Waals surface area contributed by atoms with Gasteiger partial charge in [-0.2, -0.15) is 0 Å². The van der Waals surface area contributed by atoms with Crippen LogP contribution in [0.3, 0.4) is 0 Å². The molecule has 3 heteroatoms. The predicted molar refractivity (Wildman–Crippen MR) is 84.6 cm³/mol. The highest BCUT2D eigenvalue weighted by atomic mass is 16.1. The molecule has 0 aliphatic rings. The quantitative estimate of drug-likeness (QED) is 0.567. The first kappa shape index (κ1) is 15.4. The van der Waals surface area contributed by atoms with E-state index in [-0.39, 0.29) is 11.6 Å². The molecule has 21 heavy (non-hydrogen) atoms. The molecule has 0 radical (unpaired) electrons. The second kappa shape index (κ2) is 7.11.